The molecule has 0 aliphatic carbocycles. The number of benzene rings is 2. The molecule has 0 aliphatic rings. The number of alkyl halides is 2. The zero-order valence-electron chi connectivity index (χ0n) is 10.5. The van der Waals surface area contributed by atoms with Gasteiger partial charge in [0.1, 0.15) is 5.75 Å². The molecule has 1 N–H and O–H groups in total. The van der Waals surface area contributed by atoms with E-state index >= 15 is 0 Å². The zero-order valence-corrected chi connectivity index (χ0v) is 10.5. The van der Waals surface area contributed by atoms with Crippen LogP contribution in [0.2, 0.25) is 0 Å². The summed E-state index contributed by atoms with van der Waals surface area (Å²) in [6.07, 6.45) is 0. The summed E-state index contributed by atoms with van der Waals surface area (Å²) in [6, 6.07) is 7.50. The van der Waals surface area contributed by atoms with E-state index in [2.05, 4.69) is 10.1 Å². The van der Waals surface area contributed by atoms with E-state index in [1.807, 2.05) is 0 Å². The first-order valence-corrected chi connectivity index (χ1v) is 5.88. The van der Waals surface area contributed by atoms with Crippen molar-refractivity contribution < 1.29 is 26.7 Å². The molecule has 0 radical (unpaired) electrons. The van der Waals surface area contributed by atoms with Crippen molar-refractivity contribution in [1.29, 1.82) is 0 Å². The molecule has 0 unspecified atom stereocenters. The molecule has 0 bridgehead atoms. The Kier molecular flexibility index (Phi) is 4.62. The Morgan fingerprint density at radius 1 is 0.905 bits per heavy atom. The van der Waals surface area contributed by atoms with Gasteiger partial charge < -0.3 is 10.1 Å². The smallest absolute Gasteiger partial charge is 0.387 e. The molecular weight excluding hydrogens is 293 g/mol. The highest BCUT2D eigenvalue weighted by Crippen LogP contribution is 2.21. The summed E-state index contributed by atoms with van der Waals surface area (Å²) in [6.45, 7) is -2.80. The average molecular weight is 303 g/mol. The Balaban J connectivity index is 2.02. The monoisotopic (exact) mass is 303 g/mol. The molecule has 2 aromatic carbocycles. The molecule has 0 amide bonds. The van der Waals surface area contributed by atoms with Crippen LogP contribution in [0.3, 0.4) is 0 Å². The normalized spacial score (nSPS) is 10.8. The second kappa shape index (κ2) is 6.43. The fraction of sp³-hybridized carbons (Fsp3) is 0.143. The Bertz CT molecular complexity index is 616. The Labute approximate surface area is 117 Å². The fourth-order valence-corrected chi connectivity index (χ4v) is 1.65. The van der Waals surface area contributed by atoms with E-state index in [-0.39, 0.29) is 18.0 Å². The summed E-state index contributed by atoms with van der Waals surface area (Å²) < 4.78 is 67.3. The summed E-state index contributed by atoms with van der Waals surface area (Å²) in [7, 11) is 0. The number of hydrogen-bond donors (Lipinski definition) is 1. The molecule has 21 heavy (non-hydrogen) atoms. The van der Waals surface area contributed by atoms with Gasteiger partial charge in [0.2, 0.25) is 0 Å². The summed E-state index contributed by atoms with van der Waals surface area (Å²) in [5, 5.41) is 2.59. The highest BCUT2D eigenvalue weighted by molar-refractivity contribution is 5.46. The molecule has 0 saturated carbocycles. The van der Waals surface area contributed by atoms with Gasteiger partial charge in [-0.2, -0.15) is 8.78 Å². The minimum Gasteiger partial charge on any atom is -0.435 e. The third kappa shape index (κ3) is 3.84. The van der Waals surface area contributed by atoms with Crippen LogP contribution in [-0.4, -0.2) is 6.61 Å². The van der Waals surface area contributed by atoms with Crippen molar-refractivity contribution in [3.05, 3.63) is 59.4 Å². The Morgan fingerprint density at radius 3 is 2.19 bits per heavy atom. The zero-order chi connectivity index (χ0) is 15.4. The van der Waals surface area contributed by atoms with E-state index in [0.717, 1.165) is 12.1 Å². The molecule has 112 valence electrons. The lowest BCUT2D eigenvalue weighted by atomic mass is 10.2. The van der Waals surface area contributed by atoms with Crippen molar-refractivity contribution in [2.24, 2.45) is 0 Å². The van der Waals surface area contributed by atoms with Gasteiger partial charge in [-0.1, -0.05) is 12.1 Å². The number of rotatable bonds is 5. The second-order valence-electron chi connectivity index (χ2n) is 4.10. The van der Waals surface area contributed by atoms with Gasteiger partial charge in [-0.25, -0.2) is 13.2 Å². The lowest BCUT2D eigenvalue weighted by Gasteiger charge is -2.09. The van der Waals surface area contributed by atoms with Crippen LogP contribution in [-0.2, 0) is 6.54 Å². The highest BCUT2D eigenvalue weighted by Gasteiger charge is 2.13. The lowest BCUT2D eigenvalue weighted by Crippen LogP contribution is -2.05. The van der Waals surface area contributed by atoms with Crippen LogP contribution < -0.4 is 10.1 Å². The fourth-order valence-electron chi connectivity index (χ4n) is 1.65. The van der Waals surface area contributed by atoms with Gasteiger partial charge in [0.25, 0.3) is 0 Å². The summed E-state index contributed by atoms with van der Waals surface area (Å²) in [4.78, 5) is 0. The topological polar surface area (TPSA) is 21.3 Å². The van der Waals surface area contributed by atoms with Gasteiger partial charge in [0.05, 0.1) is 5.69 Å². The van der Waals surface area contributed by atoms with E-state index < -0.39 is 24.1 Å². The quantitative estimate of drug-likeness (QED) is 0.656. The molecule has 7 heteroatoms. The number of anilines is 1. The van der Waals surface area contributed by atoms with Crippen LogP contribution >= 0.6 is 0 Å². The van der Waals surface area contributed by atoms with Crippen molar-refractivity contribution in [3.8, 4) is 5.75 Å². The van der Waals surface area contributed by atoms with E-state index in [0.29, 0.717) is 5.56 Å². The molecule has 2 nitrogen and oxygen atoms in total. The average Bonchev–Trinajstić information content (AvgIpc) is 2.45. The van der Waals surface area contributed by atoms with Crippen molar-refractivity contribution in [1.82, 2.24) is 0 Å². The number of halogens is 5. The van der Waals surface area contributed by atoms with Crippen LogP contribution in [0.25, 0.3) is 0 Å². The molecule has 0 saturated heterocycles. The number of hydrogen-bond acceptors (Lipinski definition) is 2. The van der Waals surface area contributed by atoms with Gasteiger partial charge >= 0.3 is 6.61 Å². The van der Waals surface area contributed by atoms with E-state index in [1.165, 1.54) is 24.3 Å². The molecule has 2 rings (SSSR count). The van der Waals surface area contributed by atoms with Crippen LogP contribution in [0, 0.1) is 17.5 Å². The van der Waals surface area contributed by atoms with Gasteiger partial charge in [-0.3, -0.25) is 0 Å². The molecule has 0 heterocycles. The molecule has 0 spiro atoms. The third-order valence-corrected chi connectivity index (χ3v) is 2.67. The summed E-state index contributed by atoms with van der Waals surface area (Å²) in [5.41, 5.74) is 0.433. The summed E-state index contributed by atoms with van der Waals surface area (Å²) >= 11 is 0. The number of ether oxygens (including phenoxy) is 1. The molecule has 0 aromatic heterocycles. The van der Waals surface area contributed by atoms with E-state index in [9.17, 15) is 22.0 Å². The first-order chi connectivity index (χ1) is 9.97. The summed E-state index contributed by atoms with van der Waals surface area (Å²) in [5.74, 6) is -4.15. The van der Waals surface area contributed by atoms with Gasteiger partial charge in [0, 0.05) is 6.54 Å². The molecule has 0 fully saturated rings. The van der Waals surface area contributed by atoms with Crippen molar-refractivity contribution in [2.75, 3.05) is 5.32 Å². The Morgan fingerprint density at radius 2 is 1.57 bits per heavy atom. The van der Waals surface area contributed by atoms with Crippen LogP contribution in [0.4, 0.5) is 27.6 Å². The third-order valence-electron chi connectivity index (χ3n) is 2.67. The minimum absolute atomic E-state index is 0.00671. The van der Waals surface area contributed by atoms with Crippen molar-refractivity contribution in [2.45, 2.75) is 13.2 Å². The number of nitrogens with one attached hydrogen (secondary N) is 1. The van der Waals surface area contributed by atoms with Crippen LogP contribution in [0.15, 0.2) is 36.4 Å². The molecular formula is C14H10F5NO. The van der Waals surface area contributed by atoms with Gasteiger partial charge in [-0.15, -0.1) is 0 Å². The first-order valence-electron chi connectivity index (χ1n) is 5.88. The Hall–Kier alpha value is -2.31. The SMILES string of the molecule is Fc1ccc(NCc2ccc(OC(F)F)cc2)c(F)c1F. The van der Waals surface area contributed by atoms with Crippen LogP contribution in [0.5, 0.6) is 5.75 Å². The van der Waals surface area contributed by atoms with E-state index in [4.69, 9.17) is 0 Å². The standard InChI is InChI=1S/C14H10F5NO/c15-10-5-6-11(13(17)12(10)16)20-7-8-1-3-9(4-2-8)21-14(18)19/h1-6,14,20H,7H2. The van der Waals surface area contributed by atoms with Gasteiger partial charge in [-0.05, 0) is 29.8 Å². The first kappa shape index (κ1) is 15.1. The van der Waals surface area contributed by atoms with Crippen molar-refractivity contribution >= 4 is 5.69 Å². The predicted molar refractivity (Wildman–Crippen MR) is 66.7 cm³/mol. The maximum absolute atomic E-state index is 13.4. The molecule has 2 aromatic rings. The lowest BCUT2D eigenvalue weighted by molar-refractivity contribution is -0.0498. The van der Waals surface area contributed by atoms with Crippen molar-refractivity contribution in [3.63, 3.8) is 0 Å². The second-order valence-corrected chi connectivity index (χ2v) is 4.10. The predicted octanol–water partition coefficient (Wildman–Crippen LogP) is 4.32. The highest BCUT2D eigenvalue weighted by atomic mass is 19.3. The minimum atomic E-state index is -2.91. The molecule has 0 aliphatic heterocycles. The largest absolute Gasteiger partial charge is 0.435 e. The van der Waals surface area contributed by atoms with Crippen LogP contribution in [0.1, 0.15) is 5.56 Å². The van der Waals surface area contributed by atoms with Gasteiger partial charge in [0.15, 0.2) is 17.5 Å². The maximum atomic E-state index is 13.4. The van der Waals surface area contributed by atoms with E-state index in [1.54, 1.807) is 0 Å². The molecule has 0 atom stereocenters. The maximum Gasteiger partial charge on any atom is 0.387 e.